The summed E-state index contributed by atoms with van der Waals surface area (Å²) in [6.07, 6.45) is 0. The lowest BCUT2D eigenvalue weighted by Gasteiger charge is -2.16. The van der Waals surface area contributed by atoms with Crippen LogP contribution in [0.1, 0.15) is 23.6 Å². The van der Waals surface area contributed by atoms with Crippen molar-refractivity contribution in [1.29, 1.82) is 0 Å². The highest BCUT2D eigenvalue weighted by atomic mass is 79.9. The standard InChI is InChI=1S/C25H22BrN3O3/c1-2-27-13-15-3-7-18(8-4-15)28-24(16-5-10-21-22(11-16)32-14-31-21)23-19-9-6-17(26)12-20(19)29-25(23)30/h3-12,27-28H,2,13-14H2,1H3,(H,29,30). The lowest BCUT2D eigenvalue weighted by Crippen LogP contribution is -2.12. The number of nitrogens with one attached hydrogen (secondary N) is 3. The molecule has 0 radical (unpaired) electrons. The van der Waals surface area contributed by atoms with Gasteiger partial charge in [0.25, 0.3) is 5.91 Å². The van der Waals surface area contributed by atoms with E-state index in [1.54, 1.807) is 0 Å². The molecule has 162 valence electrons. The second-order valence-electron chi connectivity index (χ2n) is 7.56. The van der Waals surface area contributed by atoms with Gasteiger partial charge in [0.1, 0.15) is 0 Å². The third kappa shape index (κ3) is 3.97. The molecule has 5 rings (SSSR count). The molecule has 2 heterocycles. The van der Waals surface area contributed by atoms with Gasteiger partial charge in [0.2, 0.25) is 6.79 Å². The van der Waals surface area contributed by atoms with Crippen LogP contribution in [-0.2, 0) is 11.3 Å². The van der Waals surface area contributed by atoms with Gasteiger partial charge in [0.15, 0.2) is 11.5 Å². The highest BCUT2D eigenvalue weighted by Gasteiger charge is 2.29. The van der Waals surface area contributed by atoms with E-state index < -0.39 is 0 Å². The van der Waals surface area contributed by atoms with Crippen LogP contribution in [0.4, 0.5) is 11.4 Å². The molecule has 3 aromatic rings. The molecule has 0 aliphatic carbocycles. The molecule has 0 saturated heterocycles. The Hall–Kier alpha value is -3.29. The fourth-order valence-corrected chi connectivity index (χ4v) is 4.20. The Morgan fingerprint density at radius 2 is 1.84 bits per heavy atom. The molecule has 0 spiro atoms. The molecule has 0 fully saturated rings. The predicted octanol–water partition coefficient (Wildman–Crippen LogP) is 5.22. The van der Waals surface area contributed by atoms with Crippen molar-refractivity contribution in [3.63, 3.8) is 0 Å². The van der Waals surface area contributed by atoms with Crippen LogP contribution in [0, 0.1) is 0 Å². The molecule has 0 saturated carbocycles. The molecule has 6 nitrogen and oxygen atoms in total. The number of rotatable bonds is 6. The number of benzene rings is 3. The first-order chi connectivity index (χ1) is 15.6. The minimum Gasteiger partial charge on any atom is -0.454 e. The van der Waals surface area contributed by atoms with Gasteiger partial charge in [-0.2, -0.15) is 0 Å². The third-order valence-electron chi connectivity index (χ3n) is 5.44. The van der Waals surface area contributed by atoms with Crippen molar-refractivity contribution < 1.29 is 14.3 Å². The minimum atomic E-state index is -0.151. The van der Waals surface area contributed by atoms with Crippen LogP contribution >= 0.6 is 15.9 Å². The molecule has 0 aromatic heterocycles. The van der Waals surface area contributed by atoms with Crippen molar-refractivity contribution in [1.82, 2.24) is 5.32 Å². The van der Waals surface area contributed by atoms with E-state index in [1.807, 2.05) is 48.5 Å². The molecule has 32 heavy (non-hydrogen) atoms. The van der Waals surface area contributed by atoms with Crippen molar-refractivity contribution in [2.75, 3.05) is 24.0 Å². The molecule has 7 heteroatoms. The normalized spacial score (nSPS) is 15.4. The van der Waals surface area contributed by atoms with Gasteiger partial charge < -0.3 is 25.4 Å². The van der Waals surface area contributed by atoms with Crippen LogP contribution < -0.4 is 25.4 Å². The average molecular weight is 492 g/mol. The van der Waals surface area contributed by atoms with E-state index in [9.17, 15) is 4.79 Å². The van der Waals surface area contributed by atoms with Gasteiger partial charge in [-0.25, -0.2) is 0 Å². The Balaban J connectivity index is 1.59. The molecule has 0 bridgehead atoms. The second kappa shape index (κ2) is 8.68. The second-order valence-corrected chi connectivity index (χ2v) is 8.48. The minimum absolute atomic E-state index is 0.151. The van der Waals surface area contributed by atoms with Crippen LogP contribution in [-0.4, -0.2) is 19.2 Å². The van der Waals surface area contributed by atoms with Crippen LogP contribution in [0.2, 0.25) is 0 Å². The summed E-state index contributed by atoms with van der Waals surface area (Å²) in [5, 5.41) is 9.79. The Morgan fingerprint density at radius 1 is 1.03 bits per heavy atom. The largest absolute Gasteiger partial charge is 0.454 e. The molecule has 0 atom stereocenters. The number of anilines is 2. The summed E-state index contributed by atoms with van der Waals surface area (Å²) in [6, 6.07) is 19.7. The van der Waals surface area contributed by atoms with Crippen LogP contribution in [0.25, 0.3) is 11.3 Å². The predicted molar refractivity (Wildman–Crippen MR) is 130 cm³/mol. The van der Waals surface area contributed by atoms with Gasteiger partial charge in [-0.15, -0.1) is 0 Å². The summed E-state index contributed by atoms with van der Waals surface area (Å²) in [7, 11) is 0. The maximum atomic E-state index is 13.1. The van der Waals surface area contributed by atoms with E-state index in [1.165, 1.54) is 5.56 Å². The Morgan fingerprint density at radius 3 is 2.66 bits per heavy atom. The summed E-state index contributed by atoms with van der Waals surface area (Å²) in [6.45, 7) is 4.02. The van der Waals surface area contributed by atoms with Gasteiger partial charge in [0.05, 0.1) is 17.0 Å². The number of hydrogen-bond donors (Lipinski definition) is 3. The summed E-state index contributed by atoms with van der Waals surface area (Å²) in [4.78, 5) is 13.1. The van der Waals surface area contributed by atoms with Gasteiger partial charge in [-0.3, -0.25) is 4.79 Å². The maximum Gasteiger partial charge on any atom is 0.258 e. The smallest absolute Gasteiger partial charge is 0.258 e. The van der Waals surface area contributed by atoms with Gasteiger partial charge >= 0.3 is 0 Å². The highest BCUT2D eigenvalue weighted by molar-refractivity contribution is 9.10. The van der Waals surface area contributed by atoms with E-state index in [2.05, 4.69) is 50.9 Å². The Labute approximate surface area is 194 Å². The van der Waals surface area contributed by atoms with E-state index in [0.717, 1.165) is 40.1 Å². The topological polar surface area (TPSA) is 71.6 Å². The molecular weight excluding hydrogens is 470 g/mol. The number of carbonyl (C=O) groups excluding carboxylic acids is 1. The van der Waals surface area contributed by atoms with Gasteiger partial charge in [-0.05, 0) is 54.6 Å². The average Bonchev–Trinajstić information content (AvgIpc) is 3.39. The lowest BCUT2D eigenvalue weighted by molar-refractivity contribution is -0.110. The number of amides is 1. The quantitative estimate of drug-likeness (QED) is 0.412. The summed E-state index contributed by atoms with van der Waals surface area (Å²) < 4.78 is 12.0. The van der Waals surface area contributed by atoms with E-state index >= 15 is 0 Å². The first-order valence-corrected chi connectivity index (χ1v) is 11.2. The number of fused-ring (bicyclic) bond motifs is 2. The summed E-state index contributed by atoms with van der Waals surface area (Å²) in [5.74, 6) is 1.21. The fourth-order valence-electron chi connectivity index (χ4n) is 3.84. The molecule has 2 aliphatic rings. The molecule has 3 N–H and O–H groups in total. The fraction of sp³-hybridized carbons (Fsp3) is 0.160. The van der Waals surface area contributed by atoms with E-state index in [-0.39, 0.29) is 12.7 Å². The molecule has 0 unspecified atom stereocenters. The Bertz CT molecular complexity index is 1220. The Kier molecular flexibility index (Phi) is 5.59. The number of hydrogen-bond acceptors (Lipinski definition) is 5. The van der Waals surface area contributed by atoms with Crippen LogP contribution in [0.3, 0.4) is 0 Å². The maximum absolute atomic E-state index is 13.1. The lowest BCUT2D eigenvalue weighted by atomic mass is 9.99. The molecule has 3 aromatic carbocycles. The SMILES string of the molecule is CCNCc1ccc(NC(=C2C(=O)Nc3cc(Br)ccc32)c2ccc3c(c2)OCO3)cc1. The van der Waals surface area contributed by atoms with Crippen molar-refractivity contribution >= 4 is 44.5 Å². The number of halogens is 1. The van der Waals surface area contributed by atoms with Crippen molar-refractivity contribution in [3.8, 4) is 11.5 Å². The zero-order valence-corrected chi connectivity index (χ0v) is 19.1. The van der Waals surface area contributed by atoms with Crippen molar-refractivity contribution in [2.24, 2.45) is 0 Å². The molecule has 1 amide bonds. The zero-order chi connectivity index (χ0) is 22.1. The molecule has 2 aliphatic heterocycles. The summed E-state index contributed by atoms with van der Waals surface area (Å²) in [5.41, 5.74) is 5.85. The van der Waals surface area contributed by atoms with Crippen molar-refractivity contribution in [3.05, 3.63) is 81.8 Å². The number of carbonyl (C=O) groups is 1. The number of ether oxygens (including phenoxy) is 2. The van der Waals surface area contributed by atoms with Crippen LogP contribution in [0.15, 0.2) is 65.1 Å². The highest BCUT2D eigenvalue weighted by Crippen LogP contribution is 2.41. The van der Waals surface area contributed by atoms with Crippen molar-refractivity contribution in [2.45, 2.75) is 13.5 Å². The van der Waals surface area contributed by atoms with Gasteiger partial charge in [-0.1, -0.05) is 41.1 Å². The zero-order valence-electron chi connectivity index (χ0n) is 17.5. The monoisotopic (exact) mass is 491 g/mol. The summed E-state index contributed by atoms with van der Waals surface area (Å²) >= 11 is 3.48. The van der Waals surface area contributed by atoms with Gasteiger partial charge in [0, 0.05) is 27.8 Å². The van der Waals surface area contributed by atoms with E-state index in [0.29, 0.717) is 22.8 Å². The van der Waals surface area contributed by atoms with Crippen LogP contribution in [0.5, 0.6) is 11.5 Å². The third-order valence-corrected chi connectivity index (χ3v) is 5.93. The molecular formula is C25H22BrN3O3. The van der Waals surface area contributed by atoms with E-state index in [4.69, 9.17) is 9.47 Å². The first kappa shape index (κ1) is 20.6. The first-order valence-electron chi connectivity index (χ1n) is 10.4.